The van der Waals surface area contributed by atoms with Crippen LogP contribution in [0.15, 0.2) is 36.4 Å². The van der Waals surface area contributed by atoms with Crippen molar-refractivity contribution in [2.24, 2.45) is 29.4 Å². The summed E-state index contributed by atoms with van der Waals surface area (Å²) < 4.78 is 16.9. The number of nitrogens with one attached hydrogen (secondary N) is 1. The maximum Gasteiger partial charge on any atom is 0.411 e. The van der Waals surface area contributed by atoms with Crippen molar-refractivity contribution >= 4 is 40.8 Å². The van der Waals surface area contributed by atoms with Crippen molar-refractivity contribution < 1.29 is 48.1 Å². The van der Waals surface area contributed by atoms with Gasteiger partial charge in [0.1, 0.15) is 19.0 Å². The molecule has 2 saturated carbocycles. The van der Waals surface area contributed by atoms with E-state index in [1.54, 1.807) is 30.3 Å². The van der Waals surface area contributed by atoms with Gasteiger partial charge in [-0.05, 0) is 67.7 Å². The Kier molecular flexibility index (Phi) is 7.65. The fraction of sp³-hybridized carbons (Fsp3) is 0.400. The largest absolute Gasteiger partial charge is 0.507 e. The van der Waals surface area contributed by atoms with Gasteiger partial charge in [0.15, 0.2) is 34.7 Å². The van der Waals surface area contributed by atoms with Crippen LogP contribution in [-0.4, -0.2) is 89.3 Å². The minimum atomic E-state index is -2.79. The van der Waals surface area contributed by atoms with Crippen LogP contribution in [0.25, 0.3) is 11.1 Å². The Balaban J connectivity index is 1.54. The normalized spacial score (nSPS) is 28.2. The first-order valence-corrected chi connectivity index (χ1v) is 13.6. The molecule has 12 nitrogen and oxygen atoms in total. The second-order valence-electron chi connectivity index (χ2n) is 11.3. The topological polar surface area (TPSA) is 193 Å². The zero-order chi connectivity index (χ0) is 31.4. The Morgan fingerprint density at radius 2 is 1.77 bits per heavy atom. The summed E-state index contributed by atoms with van der Waals surface area (Å²) in [6.45, 7) is -1.20. The van der Waals surface area contributed by atoms with E-state index in [0.29, 0.717) is 22.4 Å². The molecule has 43 heavy (non-hydrogen) atoms. The summed E-state index contributed by atoms with van der Waals surface area (Å²) in [6, 6.07) is 8.16. The standard InChI is InChI=1S/C30H30FN3O9/c1-34(2)23-18-12-14-11-17-16(13-3-5-15(6-4-13)33-29(41)43-10-9-31)7-8-19(35)21(17)24(36)20(14)26(38)30(18,42)27(39)22(25(23)37)28(32)40/h3-8,14,18,20,22-23,35,42H,9-12H2,1-2H3,(H2,32,40)(H,33,41)/t14-,18-,20?,22?,23?,30-/m1/s1. The molecule has 0 aliphatic heterocycles. The van der Waals surface area contributed by atoms with Gasteiger partial charge in [-0.25, -0.2) is 9.18 Å². The second kappa shape index (κ2) is 11.0. The molecule has 226 valence electrons. The number of likely N-dealkylation sites (N-methyl/N-ethyl adjacent to an activating group) is 1. The average Bonchev–Trinajstić information content (AvgIpc) is 2.94. The van der Waals surface area contributed by atoms with Crippen LogP contribution >= 0.6 is 0 Å². The van der Waals surface area contributed by atoms with E-state index in [4.69, 9.17) is 5.73 Å². The van der Waals surface area contributed by atoms with Crippen LogP contribution in [0.3, 0.4) is 0 Å². The average molecular weight is 596 g/mol. The number of aliphatic hydroxyl groups is 1. The molecule has 2 aromatic carbocycles. The molecule has 0 radical (unpaired) electrons. The van der Waals surface area contributed by atoms with Gasteiger partial charge in [-0.15, -0.1) is 0 Å². The monoisotopic (exact) mass is 595 g/mol. The molecule has 0 spiro atoms. The van der Waals surface area contributed by atoms with Gasteiger partial charge in [0, 0.05) is 11.6 Å². The predicted molar refractivity (Wildman–Crippen MR) is 148 cm³/mol. The van der Waals surface area contributed by atoms with E-state index in [2.05, 4.69) is 10.1 Å². The van der Waals surface area contributed by atoms with E-state index in [-0.39, 0.29) is 30.8 Å². The highest BCUT2D eigenvalue weighted by Gasteiger charge is 2.69. The first kappa shape index (κ1) is 30.0. The number of halogens is 1. The van der Waals surface area contributed by atoms with Crippen molar-refractivity contribution in [3.63, 3.8) is 0 Å². The van der Waals surface area contributed by atoms with E-state index in [0.717, 1.165) is 0 Å². The number of nitrogens with zero attached hydrogens (tertiary/aromatic N) is 1. The number of hydrogen-bond acceptors (Lipinski definition) is 10. The number of alkyl halides is 1. The summed E-state index contributed by atoms with van der Waals surface area (Å²) in [6.07, 6.45) is -0.794. The summed E-state index contributed by atoms with van der Waals surface area (Å²) in [5.74, 6) is -11.2. The van der Waals surface area contributed by atoms with Crippen molar-refractivity contribution in [3.05, 3.63) is 47.5 Å². The Labute approximate surface area is 245 Å². The molecule has 0 saturated heterocycles. The molecule has 5 rings (SSSR count). The number of phenolic OH excluding ortho intramolecular Hbond substituents is 1. The number of ether oxygens (including phenoxy) is 1. The number of hydrogen-bond donors (Lipinski definition) is 4. The van der Waals surface area contributed by atoms with Crippen LogP contribution in [0, 0.1) is 23.7 Å². The second-order valence-corrected chi connectivity index (χ2v) is 11.3. The summed E-state index contributed by atoms with van der Waals surface area (Å²) >= 11 is 0. The summed E-state index contributed by atoms with van der Waals surface area (Å²) in [7, 11) is 3.04. The van der Waals surface area contributed by atoms with Gasteiger partial charge in [-0.3, -0.25) is 34.2 Å². The molecule has 3 aliphatic carbocycles. The van der Waals surface area contributed by atoms with Gasteiger partial charge >= 0.3 is 6.09 Å². The molecule has 13 heteroatoms. The zero-order valence-electron chi connectivity index (χ0n) is 23.3. The van der Waals surface area contributed by atoms with Crippen molar-refractivity contribution in [1.82, 2.24) is 4.90 Å². The number of ketones is 4. The number of fused-ring (bicyclic) bond motifs is 3. The van der Waals surface area contributed by atoms with Crippen molar-refractivity contribution in [2.75, 3.05) is 32.7 Å². The lowest BCUT2D eigenvalue weighted by molar-refractivity contribution is -0.181. The number of primary amides is 1. The zero-order valence-corrected chi connectivity index (χ0v) is 23.3. The molecule has 6 atom stereocenters. The fourth-order valence-electron chi connectivity index (χ4n) is 6.89. The molecular formula is C30H30FN3O9. The maximum absolute atomic E-state index is 13.9. The molecule has 0 heterocycles. The van der Waals surface area contributed by atoms with Gasteiger partial charge in [0.05, 0.1) is 17.5 Å². The minimum Gasteiger partial charge on any atom is -0.507 e. The molecule has 0 bridgehead atoms. The molecule has 2 aromatic rings. The number of aromatic hydroxyl groups is 1. The van der Waals surface area contributed by atoms with E-state index >= 15 is 0 Å². The lowest BCUT2D eigenvalue weighted by Gasteiger charge is -2.52. The van der Waals surface area contributed by atoms with Crippen LogP contribution in [0.4, 0.5) is 14.9 Å². The number of carbonyl (C=O) groups is 6. The lowest BCUT2D eigenvalue weighted by Crippen LogP contribution is -2.74. The Morgan fingerprint density at radius 1 is 1.09 bits per heavy atom. The van der Waals surface area contributed by atoms with Crippen LogP contribution in [0.2, 0.25) is 0 Å². The van der Waals surface area contributed by atoms with Gasteiger partial charge in [-0.1, -0.05) is 18.2 Å². The van der Waals surface area contributed by atoms with E-state index in [1.807, 2.05) is 0 Å². The van der Waals surface area contributed by atoms with E-state index < -0.39 is 77.1 Å². The molecule has 5 N–H and O–H groups in total. The third kappa shape index (κ3) is 4.68. The molecule has 2 amide bonds. The Hall–Kier alpha value is -4.49. The van der Waals surface area contributed by atoms with Gasteiger partial charge in [-0.2, -0.15) is 0 Å². The molecule has 3 aliphatic rings. The highest BCUT2D eigenvalue weighted by molar-refractivity contribution is 6.32. The van der Waals surface area contributed by atoms with Crippen LogP contribution in [0.5, 0.6) is 5.75 Å². The van der Waals surface area contributed by atoms with Crippen molar-refractivity contribution in [3.8, 4) is 16.9 Å². The fourth-order valence-corrected chi connectivity index (χ4v) is 6.89. The number of Topliss-reactive ketones (excluding diaryl/α,β-unsaturated/α-hetero) is 4. The number of nitrogens with two attached hydrogens (primary N) is 1. The number of amides is 2. The Morgan fingerprint density at radius 3 is 2.37 bits per heavy atom. The molecular weight excluding hydrogens is 565 g/mol. The molecule has 0 aromatic heterocycles. The number of phenols is 1. The SMILES string of the molecule is CN(C)C1C(=O)C(C(N)=O)C(=O)[C@]2(O)C(=O)C3C(=O)c4c(O)ccc(-c5ccc(NC(=O)OCCF)cc5)c4C[C@@H]3C[C@H]12. The highest BCUT2D eigenvalue weighted by Crippen LogP contribution is 2.51. The number of benzene rings is 2. The third-order valence-corrected chi connectivity index (χ3v) is 8.70. The first-order valence-electron chi connectivity index (χ1n) is 13.6. The first-order chi connectivity index (χ1) is 20.3. The van der Waals surface area contributed by atoms with E-state index in [1.165, 1.54) is 25.1 Å². The summed E-state index contributed by atoms with van der Waals surface area (Å²) in [4.78, 5) is 79.7. The maximum atomic E-state index is 13.9. The number of rotatable bonds is 6. The smallest absolute Gasteiger partial charge is 0.411 e. The summed E-state index contributed by atoms with van der Waals surface area (Å²) in [5.41, 5.74) is 4.41. The summed E-state index contributed by atoms with van der Waals surface area (Å²) in [5, 5.41) is 24.9. The quantitative estimate of drug-likeness (QED) is 0.351. The van der Waals surface area contributed by atoms with Gasteiger partial charge in [0.2, 0.25) is 5.91 Å². The van der Waals surface area contributed by atoms with Crippen LogP contribution in [0.1, 0.15) is 22.3 Å². The highest BCUT2D eigenvalue weighted by atomic mass is 19.1. The number of anilines is 1. The molecule has 2 fully saturated rings. The van der Waals surface area contributed by atoms with Crippen molar-refractivity contribution in [1.29, 1.82) is 0 Å². The molecule has 3 unspecified atom stereocenters. The van der Waals surface area contributed by atoms with E-state index in [9.17, 15) is 43.4 Å². The lowest BCUT2D eigenvalue weighted by atomic mass is 9.52. The minimum absolute atomic E-state index is 0.0666. The van der Waals surface area contributed by atoms with Gasteiger partial charge in [0.25, 0.3) is 0 Å². The van der Waals surface area contributed by atoms with Crippen LogP contribution < -0.4 is 11.1 Å². The van der Waals surface area contributed by atoms with Gasteiger partial charge < -0.3 is 20.7 Å². The van der Waals surface area contributed by atoms with Crippen molar-refractivity contribution in [2.45, 2.75) is 24.5 Å². The predicted octanol–water partition coefficient (Wildman–Crippen LogP) is 1.05. The van der Waals surface area contributed by atoms with Crippen LogP contribution in [-0.2, 0) is 30.3 Å². The number of carbonyl (C=O) groups excluding carboxylic acids is 6. The third-order valence-electron chi connectivity index (χ3n) is 8.70. The Bertz CT molecular complexity index is 1560.